The fraction of sp³-hybridized carbons (Fsp3) is 0. The summed E-state index contributed by atoms with van der Waals surface area (Å²) in [6.07, 6.45) is 0. The van der Waals surface area contributed by atoms with Gasteiger partial charge in [0, 0.05) is 54.5 Å². The van der Waals surface area contributed by atoms with Gasteiger partial charge in [-0.25, -0.2) is 4.98 Å². The highest BCUT2D eigenvalue weighted by Crippen LogP contribution is 2.50. The molecule has 5 aromatic heterocycles. The summed E-state index contributed by atoms with van der Waals surface area (Å²) in [7, 11) is 0. The van der Waals surface area contributed by atoms with E-state index in [1.165, 1.54) is 81.3 Å². The summed E-state index contributed by atoms with van der Waals surface area (Å²) in [5.41, 5.74) is 11.4. The molecule has 4 heteroatoms. The van der Waals surface area contributed by atoms with Gasteiger partial charge in [-0.2, -0.15) is 0 Å². The fourth-order valence-corrected chi connectivity index (χ4v) is 9.58. The molecule has 0 spiro atoms. The summed E-state index contributed by atoms with van der Waals surface area (Å²) in [5.74, 6) is 0. The van der Waals surface area contributed by atoms with Crippen LogP contribution in [0.5, 0.6) is 0 Å². The van der Waals surface area contributed by atoms with Crippen LogP contribution in [0.1, 0.15) is 0 Å². The lowest BCUT2D eigenvalue weighted by Gasteiger charge is -2.28. The molecule has 244 valence electrons. The Labute approximate surface area is 302 Å². The van der Waals surface area contributed by atoms with Crippen molar-refractivity contribution >= 4 is 115 Å². The van der Waals surface area contributed by atoms with Gasteiger partial charge < -0.3 is 9.30 Å². The van der Waals surface area contributed by atoms with Crippen molar-refractivity contribution in [2.24, 2.45) is 0 Å². The fourth-order valence-electron chi connectivity index (χ4n) is 9.58. The molecular formula is C49H28N4. The number of hydrogen-bond acceptors (Lipinski definition) is 2. The first-order chi connectivity index (χ1) is 26.3. The molecule has 0 aliphatic carbocycles. The Morgan fingerprint density at radius 2 is 0.962 bits per heavy atom. The van der Waals surface area contributed by atoms with Crippen LogP contribution < -0.4 is 4.90 Å². The van der Waals surface area contributed by atoms with Crippen molar-refractivity contribution in [3.63, 3.8) is 0 Å². The molecule has 0 saturated carbocycles. The maximum Gasteiger partial charge on any atom is 0.146 e. The quantitative estimate of drug-likeness (QED) is 0.187. The predicted octanol–water partition coefficient (Wildman–Crippen LogP) is 13.2. The van der Waals surface area contributed by atoms with Crippen LogP contribution in [-0.2, 0) is 0 Å². The maximum atomic E-state index is 5.69. The Bertz CT molecular complexity index is 3580. The van der Waals surface area contributed by atoms with E-state index in [1.807, 2.05) is 0 Å². The highest BCUT2D eigenvalue weighted by Gasteiger charge is 2.28. The Balaban J connectivity index is 1.27. The van der Waals surface area contributed by atoms with Gasteiger partial charge in [0.15, 0.2) is 0 Å². The minimum absolute atomic E-state index is 1.01. The van der Waals surface area contributed by atoms with Gasteiger partial charge in [0.05, 0.1) is 38.8 Å². The molecule has 53 heavy (non-hydrogen) atoms. The maximum absolute atomic E-state index is 5.69. The number of fused-ring (bicyclic) bond motifs is 15. The molecule has 0 radical (unpaired) electrons. The van der Waals surface area contributed by atoms with Gasteiger partial charge in [-0.15, -0.1) is 0 Å². The summed E-state index contributed by atoms with van der Waals surface area (Å²) in [6, 6.07) is 61.9. The number of aromatic nitrogens is 3. The molecular weight excluding hydrogens is 645 g/mol. The van der Waals surface area contributed by atoms with Crippen molar-refractivity contribution < 1.29 is 0 Å². The molecule has 13 aromatic rings. The SMILES string of the molecule is c1ccc(N(c2ccccc2)c2c3ccccc3cc3c4cccc5c6nc7c(cc6n(c23)c45)c2cc3ccccc3c3c4ccccc4n7c23)cc1. The Hall–Kier alpha value is -7.17. The van der Waals surface area contributed by atoms with Crippen LogP contribution in [0.25, 0.3) is 98.0 Å². The average Bonchev–Trinajstić information content (AvgIpc) is 3.94. The Morgan fingerprint density at radius 1 is 0.377 bits per heavy atom. The van der Waals surface area contributed by atoms with E-state index in [0.717, 1.165) is 33.7 Å². The third-order valence-corrected chi connectivity index (χ3v) is 11.7. The molecule has 4 nitrogen and oxygen atoms in total. The first kappa shape index (κ1) is 27.5. The predicted molar refractivity (Wildman–Crippen MR) is 223 cm³/mol. The van der Waals surface area contributed by atoms with Crippen LogP contribution in [0.15, 0.2) is 170 Å². The second-order valence-electron chi connectivity index (χ2n) is 14.3. The summed E-state index contributed by atoms with van der Waals surface area (Å²) in [6.45, 7) is 0. The van der Waals surface area contributed by atoms with Crippen molar-refractivity contribution in [2.75, 3.05) is 4.90 Å². The summed E-state index contributed by atoms with van der Waals surface area (Å²) >= 11 is 0. The van der Waals surface area contributed by atoms with E-state index >= 15 is 0 Å². The van der Waals surface area contributed by atoms with Crippen molar-refractivity contribution in [1.29, 1.82) is 0 Å². The van der Waals surface area contributed by atoms with Crippen molar-refractivity contribution in [3.05, 3.63) is 170 Å². The van der Waals surface area contributed by atoms with Gasteiger partial charge in [-0.3, -0.25) is 4.40 Å². The van der Waals surface area contributed by atoms with Crippen molar-refractivity contribution in [3.8, 4) is 0 Å². The minimum atomic E-state index is 1.01. The number of nitrogens with zero attached hydrogens (tertiary/aromatic N) is 4. The van der Waals surface area contributed by atoms with E-state index in [4.69, 9.17) is 4.98 Å². The van der Waals surface area contributed by atoms with Gasteiger partial charge in [0.25, 0.3) is 0 Å². The smallest absolute Gasteiger partial charge is 0.146 e. The Morgan fingerprint density at radius 3 is 1.72 bits per heavy atom. The van der Waals surface area contributed by atoms with Gasteiger partial charge in [0.2, 0.25) is 0 Å². The molecule has 0 bridgehead atoms. The van der Waals surface area contributed by atoms with Gasteiger partial charge in [-0.1, -0.05) is 121 Å². The van der Waals surface area contributed by atoms with Crippen molar-refractivity contribution in [2.45, 2.75) is 0 Å². The van der Waals surface area contributed by atoms with Crippen LogP contribution in [0.3, 0.4) is 0 Å². The molecule has 0 N–H and O–H groups in total. The molecule has 5 heterocycles. The van der Waals surface area contributed by atoms with Gasteiger partial charge in [-0.05, 0) is 64.7 Å². The number of pyridine rings is 1. The first-order valence-corrected chi connectivity index (χ1v) is 18.2. The zero-order valence-corrected chi connectivity index (χ0v) is 28.5. The zero-order chi connectivity index (χ0) is 34.4. The van der Waals surface area contributed by atoms with Crippen LogP contribution >= 0.6 is 0 Å². The zero-order valence-electron chi connectivity index (χ0n) is 28.5. The normalized spacial score (nSPS) is 12.5. The monoisotopic (exact) mass is 672 g/mol. The number of para-hydroxylation sites is 4. The third-order valence-electron chi connectivity index (χ3n) is 11.7. The van der Waals surface area contributed by atoms with Crippen LogP contribution in [0.2, 0.25) is 0 Å². The van der Waals surface area contributed by atoms with Crippen LogP contribution in [0.4, 0.5) is 17.1 Å². The van der Waals surface area contributed by atoms with E-state index in [1.54, 1.807) is 0 Å². The number of hydrogen-bond donors (Lipinski definition) is 0. The van der Waals surface area contributed by atoms with E-state index in [9.17, 15) is 0 Å². The summed E-state index contributed by atoms with van der Waals surface area (Å²) < 4.78 is 4.94. The second-order valence-corrected chi connectivity index (χ2v) is 14.3. The topological polar surface area (TPSA) is 25.0 Å². The largest absolute Gasteiger partial charge is 0.308 e. The van der Waals surface area contributed by atoms with Crippen LogP contribution in [0, 0.1) is 0 Å². The lowest BCUT2D eigenvalue weighted by molar-refractivity contribution is 1.27. The van der Waals surface area contributed by atoms with E-state index < -0.39 is 0 Å². The van der Waals surface area contributed by atoms with E-state index in [2.05, 4.69) is 184 Å². The lowest BCUT2D eigenvalue weighted by Crippen LogP contribution is -2.11. The molecule has 0 atom stereocenters. The van der Waals surface area contributed by atoms with E-state index in [-0.39, 0.29) is 0 Å². The molecule has 0 aliphatic rings. The molecule has 13 rings (SSSR count). The molecule has 0 amide bonds. The number of rotatable bonds is 3. The summed E-state index contributed by atoms with van der Waals surface area (Å²) in [5, 5.41) is 13.6. The molecule has 0 saturated heterocycles. The third kappa shape index (κ3) is 3.39. The van der Waals surface area contributed by atoms with Gasteiger partial charge >= 0.3 is 0 Å². The molecule has 0 fully saturated rings. The molecule has 0 unspecified atom stereocenters. The standard InChI is InChI=1S/C49H28N4/c1-3-16-31(17-4-1)51(32-18-5-2-6-19-32)47-34-21-10-8-15-30(34)27-38-35-23-13-24-37-44-42(52(45(35)37)48(38)47)28-40-39-26-29-14-7-9-20-33(29)43-36-22-11-12-25-41(36)53(46(39)43)49(40)50-44/h1-28H. The summed E-state index contributed by atoms with van der Waals surface area (Å²) in [4.78, 5) is 8.13. The number of anilines is 3. The first-order valence-electron chi connectivity index (χ1n) is 18.2. The second kappa shape index (κ2) is 9.78. The highest BCUT2D eigenvalue weighted by atomic mass is 15.2. The highest BCUT2D eigenvalue weighted by molar-refractivity contribution is 6.33. The van der Waals surface area contributed by atoms with Crippen LogP contribution in [-0.4, -0.2) is 13.8 Å². The molecule has 8 aromatic carbocycles. The average molecular weight is 673 g/mol. The van der Waals surface area contributed by atoms with E-state index in [0.29, 0.717) is 0 Å². The Kier molecular flexibility index (Phi) is 5.08. The van der Waals surface area contributed by atoms with Gasteiger partial charge in [0.1, 0.15) is 5.65 Å². The number of benzene rings is 8. The minimum Gasteiger partial charge on any atom is -0.308 e. The molecule has 0 aliphatic heterocycles. The van der Waals surface area contributed by atoms with Crippen molar-refractivity contribution in [1.82, 2.24) is 13.8 Å². The lowest BCUT2D eigenvalue weighted by atomic mass is 10.0.